The molecule has 0 amide bonds. The van der Waals surface area contributed by atoms with Crippen LogP contribution in [0.15, 0.2) is 11.8 Å². The monoisotopic (exact) mass is 147 g/mol. The van der Waals surface area contributed by atoms with E-state index in [1.807, 2.05) is 0 Å². The molecule has 1 fully saturated rings. The van der Waals surface area contributed by atoms with Crippen molar-refractivity contribution >= 4 is 10.0 Å². The van der Waals surface area contributed by atoms with E-state index < -0.39 is 10.0 Å². The Morgan fingerprint density at radius 3 is 2.44 bits per heavy atom. The van der Waals surface area contributed by atoms with Crippen molar-refractivity contribution in [2.45, 2.75) is 12.8 Å². The molecule has 0 heterocycles. The van der Waals surface area contributed by atoms with Gasteiger partial charge >= 0.3 is 0 Å². The minimum Gasteiger partial charge on any atom is -0.291 e. The number of rotatable bonds is 2. The molecule has 0 spiro atoms. The highest BCUT2D eigenvalue weighted by atomic mass is 32.2. The van der Waals surface area contributed by atoms with Crippen molar-refractivity contribution < 1.29 is 8.42 Å². The first-order chi connectivity index (χ1) is 4.08. The molecule has 4 heteroatoms. The highest BCUT2D eigenvalue weighted by Gasteiger charge is 2.10. The topological polar surface area (TPSA) is 46.2 Å². The van der Waals surface area contributed by atoms with Crippen molar-refractivity contribution in [3.05, 3.63) is 11.8 Å². The molecule has 0 radical (unpaired) electrons. The summed E-state index contributed by atoms with van der Waals surface area (Å²) in [7, 11) is -3.01. The van der Waals surface area contributed by atoms with Gasteiger partial charge in [-0.2, -0.15) is 0 Å². The van der Waals surface area contributed by atoms with Crippen LogP contribution < -0.4 is 4.72 Å². The first-order valence-electron chi connectivity index (χ1n) is 2.73. The zero-order valence-corrected chi connectivity index (χ0v) is 6.03. The van der Waals surface area contributed by atoms with Gasteiger partial charge in [0.25, 0.3) is 0 Å². The highest BCUT2D eigenvalue weighted by Crippen LogP contribution is 2.26. The molecule has 52 valence electrons. The van der Waals surface area contributed by atoms with E-state index in [1.165, 1.54) is 5.57 Å². The van der Waals surface area contributed by atoms with E-state index in [0.717, 1.165) is 19.1 Å². The average molecular weight is 147 g/mol. The molecule has 1 rings (SSSR count). The zero-order chi connectivity index (χ0) is 6.91. The Bertz CT molecular complexity index is 221. The Balaban J connectivity index is 2.43. The van der Waals surface area contributed by atoms with E-state index in [1.54, 1.807) is 6.20 Å². The summed E-state index contributed by atoms with van der Waals surface area (Å²) in [5, 5.41) is 0. The molecule has 0 saturated heterocycles. The molecule has 0 aromatic carbocycles. The van der Waals surface area contributed by atoms with Crippen molar-refractivity contribution in [3.63, 3.8) is 0 Å². The van der Waals surface area contributed by atoms with Crippen molar-refractivity contribution in [2.75, 3.05) is 6.26 Å². The fourth-order valence-electron chi connectivity index (χ4n) is 0.407. The number of hydrogen-bond donors (Lipinski definition) is 1. The van der Waals surface area contributed by atoms with Gasteiger partial charge in [-0.15, -0.1) is 0 Å². The molecule has 1 aliphatic rings. The number of allylic oxidation sites excluding steroid dienone is 1. The van der Waals surface area contributed by atoms with Crippen LogP contribution in [0.25, 0.3) is 0 Å². The number of nitrogens with one attached hydrogen (secondary N) is 1. The Morgan fingerprint density at radius 2 is 2.11 bits per heavy atom. The second-order valence-corrected chi connectivity index (χ2v) is 3.97. The van der Waals surface area contributed by atoms with Gasteiger partial charge < -0.3 is 0 Å². The van der Waals surface area contributed by atoms with Gasteiger partial charge in [-0.05, 0) is 12.8 Å². The minimum atomic E-state index is -3.01. The maximum Gasteiger partial charge on any atom is 0.229 e. The zero-order valence-electron chi connectivity index (χ0n) is 5.22. The van der Waals surface area contributed by atoms with Crippen LogP contribution in [0.4, 0.5) is 0 Å². The van der Waals surface area contributed by atoms with Crippen LogP contribution in [0.1, 0.15) is 12.8 Å². The van der Waals surface area contributed by atoms with Crippen molar-refractivity contribution in [1.82, 2.24) is 4.72 Å². The average Bonchev–Trinajstić information content (AvgIpc) is 2.38. The van der Waals surface area contributed by atoms with E-state index in [9.17, 15) is 8.42 Å². The van der Waals surface area contributed by atoms with Gasteiger partial charge in [-0.3, -0.25) is 4.72 Å². The van der Waals surface area contributed by atoms with Crippen LogP contribution in [0.3, 0.4) is 0 Å². The first-order valence-corrected chi connectivity index (χ1v) is 4.62. The molecule has 0 unspecified atom stereocenters. The van der Waals surface area contributed by atoms with Gasteiger partial charge in [0, 0.05) is 6.20 Å². The van der Waals surface area contributed by atoms with Gasteiger partial charge in [0.2, 0.25) is 10.0 Å². The van der Waals surface area contributed by atoms with Crippen LogP contribution in [-0.4, -0.2) is 14.7 Å². The molecular formula is C5H9NO2S. The van der Waals surface area contributed by atoms with Crippen LogP contribution in [-0.2, 0) is 10.0 Å². The fourth-order valence-corrected chi connectivity index (χ4v) is 0.788. The Kier molecular flexibility index (Phi) is 1.48. The SMILES string of the molecule is CS(=O)(=O)NC=C1CC1. The lowest BCUT2D eigenvalue weighted by atomic mass is 10.7. The van der Waals surface area contributed by atoms with Gasteiger partial charge in [-0.25, -0.2) is 8.42 Å². The normalized spacial score (nSPS) is 17.2. The van der Waals surface area contributed by atoms with Crippen LogP contribution in [0.2, 0.25) is 0 Å². The fraction of sp³-hybridized carbons (Fsp3) is 0.600. The Labute approximate surface area is 54.8 Å². The second-order valence-electron chi connectivity index (χ2n) is 2.19. The lowest BCUT2D eigenvalue weighted by Gasteiger charge is -1.91. The van der Waals surface area contributed by atoms with E-state index in [2.05, 4.69) is 4.72 Å². The van der Waals surface area contributed by atoms with Gasteiger partial charge in [-0.1, -0.05) is 5.57 Å². The van der Waals surface area contributed by atoms with Gasteiger partial charge in [0.15, 0.2) is 0 Å². The molecule has 0 atom stereocenters. The quantitative estimate of drug-likeness (QED) is 0.607. The van der Waals surface area contributed by atoms with Gasteiger partial charge in [0.1, 0.15) is 0 Å². The summed E-state index contributed by atoms with van der Waals surface area (Å²) in [6.45, 7) is 0. The predicted molar refractivity (Wildman–Crippen MR) is 35.3 cm³/mol. The van der Waals surface area contributed by atoms with Crippen molar-refractivity contribution in [3.8, 4) is 0 Å². The molecule has 0 aromatic rings. The highest BCUT2D eigenvalue weighted by molar-refractivity contribution is 7.88. The summed E-state index contributed by atoms with van der Waals surface area (Å²) in [4.78, 5) is 0. The second kappa shape index (κ2) is 2.02. The molecule has 9 heavy (non-hydrogen) atoms. The maximum absolute atomic E-state index is 10.4. The first kappa shape index (κ1) is 6.61. The molecule has 1 aliphatic carbocycles. The summed E-state index contributed by atoms with van der Waals surface area (Å²) in [6.07, 6.45) is 4.80. The molecule has 0 bridgehead atoms. The summed E-state index contributed by atoms with van der Waals surface area (Å²) in [5.41, 5.74) is 1.18. The minimum absolute atomic E-state index is 1.04. The molecular weight excluding hydrogens is 138 g/mol. The molecule has 3 nitrogen and oxygen atoms in total. The van der Waals surface area contributed by atoms with E-state index in [0.29, 0.717) is 0 Å². The third-order valence-corrected chi connectivity index (χ3v) is 1.56. The Hall–Kier alpha value is -0.510. The van der Waals surface area contributed by atoms with E-state index in [-0.39, 0.29) is 0 Å². The van der Waals surface area contributed by atoms with Crippen LogP contribution >= 0.6 is 0 Å². The third kappa shape index (κ3) is 3.13. The maximum atomic E-state index is 10.4. The lowest BCUT2D eigenvalue weighted by molar-refractivity contribution is 0.596. The standard InChI is InChI=1S/C5H9NO2S/c1-9(7,8)6-4-5-2-3-5/h4,6H,2-3H2,1H3. The van der Waals surface area contributed by atoms with E-state index in [4.69, 9.17) is 0 Å². The molecule has 0 aromatic heterocycles. The predicted octanol–water partition coefficient (Wildman–Crippen LogP) is 0.213. The van der Waals surface area contributed by atoms with Crippen LogP contribution in [0, 0.1) is 0 Å². The smallest absolute Gasteiger partial charge is 0.229 e. The summed E-state index contributed by atoms with van der Waals surface area (Å²) in [5.74, 6) is 0. The number of hydrogen-bond acceptors (Lipinski definition) is 2. The summed E-state index contributed by atoms with van der Waals surface area (Å²) >= 11 is 0. The van der Waals surface area contributed by atoms with Crippen molar-refractivity contribution in [1.29, 1.82) is 0 Å². The molecule has 0 aliphatic heterocycles. The molecule has 1 saturated carbocycles. The third-order valence-electron chi connectivity index (χ3n) is 1.02. The van der Waals surface area contributed by atoms with Gasteiger partial charge in [0.05, 0.1) is 6.26 Å². The van der Waals surface area contributed by atoms with Crippen molar-refractivity contribution in [2.24, 2.45) is 0 Å². The number of sulfonamides is 1. The summed E-state index contributed by atoms with van der Waals surface area (Å²) < 4.78 is 23.1. The largest absolute Gasteiger partial charge is 0.291 e. The lowest BCUT2D eigenvalue weighted by Crippen LogP contribution is -2.14. The summed E-state index contributed by atoms with van der Waals surface area (Å²) in [6, 6.07) is 0. The Morgan fingerprint density at radius 1 is 1.56 bits per heavy atom. The van der Waals surface area contributed by atoms with Crippen LogP contribution in [0.5, 0.6) is 0 Å². The molecule has 1 N–H and O–H groups in total. The van der Waals surface area contributed by atoms with E-state index >= 15 is 0 Å².